The van der Waals surface area contributed by atoms with E-state index in [2.05, 4.69) is 10.2 Å². The van der Waals surface area contributed by atoms with Crippen molar-refractivity contribution in [2.45, 2.75) is 31.7 Å². The van der Waals surface area contributed by atoms with Gasteiger partial charge in [0, 0.05) is 23.2 Å². The Kier molecular flexibility index (Phi) is 4.96. The standard InChI is InChI=1S/C12H20Cl2N2/c13-8-11(14)9-16-6-3-10(4-7-16)12-2-1-5-15-12/h8,10,12,15H,1-7,9H2. The van der Waals surface area contributed by atoms with Crippen LogP contribution in [-0.4, -0.2) is 37.1 Å². The van der Waals surface area contributed by atoms with Gasteiger partial charge in [-0.05, 0) is 51.2 Å². The van der Waals surface area contributed by atoms with Crippen LogP contribution in [0.25, 0.3) is 0 Å². The van der Waals surface area contributed by atoms with Crippen LogP contribution in [0.15, 0.2) is 10.6 Å². The average molecular weight is 263 g/mol. The fourth-order valence-electron chi connectivity index (χ4n) is 2.88. The molecular formula is C12H20Cl2N2. The van der Waals surface area contributed by atoms with Crippen molar-refractivity contribution in [1.29, 1.82) is 0 Å². The maximum absolute atomic E-state index is 5.94. The minimum Gasteiger partial charge on any atom is -0.314 e. The highest BCUT2D eigenvalue weighted by atomic mass is 35.5. The van der Waals surface area contributed by atoms with Crippen molar-refractivity contribution in [1.82, 2.24) is 10.2 Å². The first-order valence-corrected chi connectivity index (χ1v) is 7.01. The SMILES string of the molecule is ClC=C(Cl)CN1CCC(C2CCCN2)CC1. The molecule has 0 bridgehead atoms. The van der Waals surface area contributed by atoms with Crippen LogP contribution in [0.5, 0.6) is 0 Å². The smallest absolute Gasteiger partial charge is 0.0434 e. The molecule has 2 fully saturated rings. The first-order valence-electron chi connectivity index (χ1n) is 6.20. The lowest BCUT2D eigenvalue weighted by Gasteiger charge is -2.34. The van der Waals surface area contributed by atoms with Gasteiger partial charge in [-0.1, -0.05) is 23.2 Å². The van der Waals surface area contributed by atoms with Gasteiger partial charge in [0.2, 0.25) is 0 Å². The minimum atomic E-state index is 0.749. The van der Waals surface area contributed by atoms with Crippen LogP contribution in [-0.2, 0) is 0 Å². The molecule has 0 aromatic heterocycles. The molecule has 0 spiro atoms. The molecular weight excluding hydrogens is 243 g/mol. The topological polar surface area (TPSA) is 15.3 Å². The number of likely N-dealkylation sites (tertiary alicyclic amines) is 1. The number of halogens is 2. The molecule has 0 amide bonds. The molecule has 92 valence electrons. The lowest BCUT2D eigenvalue weighted by molar-refractivity contribution is 0.176. The van der Waals surface area contributed by atoms with Crippen molar-refractivity contribution in [3.63, 3.8) is 0 Å². The summed E-state index contributed by atoms with van der Waals surface area (Å²) in [4.78, 5) is 2.40. The van der Waals surface area contributed by atoms with E-state index < -0.39 is 0 Å². The third kappa shape index (κ3) is 3.36. The summed E-state index contributed by atoms with van der Waals surface area (Å²) in [7, 11) is 0. The summed E-state index contributed by atoms with van der Waals surface area (Å²) >= 11 is 11.5. The van der Waals surface area contributed by atoms with E-state index in [0.717, 1.165) is 36.6 Å². The number of hydrogen-bond acceptors (Lipinski definition) is 2. The minimum absolute atomic E-state index is 0.749. The molecule has 0 radical (unpaired) electrons. The summed E-state index contributed by atoms with van der Waals surface area (Å²) in [5, 5.41) is 4.37. The Morgan fingerprint density at radius 1 is 1.31 bits per heavy atom. The zero-order valence-electron chi connectivity index (χ0n) is 9.59. The van der Waals surface area contributed by atoms with Gasteiger partial charge in [0.1, 0.15) is 0 Å². The van der Waals surface area contributed by atoms with E-state index in [1.165, 1.54) is 37.8 Å². The van der Waals surface area contributed by atoms with Crippen molar-refractivity contribution in [2.75, 3.05) is 26.2 Å². The van der Waals surface area contributed by atoms with E-state index in [1.807, 2.05) is 0 Å². The molecule has 0 aromatic rings. The molecule has 1 N–H and O–H groups in total. The molecule has 2 aliphatic heterocycles. The van der Waals surface area contributed by atoms with Gasteiger partial charge in [-0.15, -0.1) is 0 Å². The summed E-state index contributed by atoms with van der Waals surface area (Å²) < 4.78 is 0. The maximum atomic E-state index is 5.94. The second-order valence-electron chi connectivity index (χ2n) is 4.87. The molecule has 4 heteroatoms. The third-order valence-corrected chi connectivity index (χ3v) is 4.40. The van der Waals surface area contributed by atoms with Crippen LogP contribution in [0.3, 0.4) is 0 Å². The average Bonchev–Trinajstić information content (AvgIpc) is 2.83. The van der Waals surface area contributed by atoms with Crippen LogP contribution in [0, 0.1) is 5.92 Å². The quantitative estimate of drug-likeness (QED) is 0.842. The summed E-state index contributed by atoms with van der Waals surface area (Å²) in [6.45, 7) is 4.34. The highest BCUT2D eigenvalue weighted by Gasteiger charge is 2.28. The molecule has 1 atom stereocenters. The van der Waals surface area contributed by atoms with Gasteiger partial charge >= 0.3 is 0 Å². The highest BCUT2D eigenvalue weighted by Crippen LogP contribution is 2.26. The zero-order chi connectivity index (χ0) is 11.4. The van der Waals surface area contributed by atoms with E-state index >= 15 is 0 Å². The fourth-order valence-corrected chi connectivity index (χ4v) is 3.11. The zero-order valence-corrected chi connectivity index (χ0v) is 11.1. The van der Waals surface area contributed by atoms with Crippen molar-refractivity contribution < 1.29 is 0 Å². The molecule has 2 aliphatic rings. The second-order valence-corrected chi connectivity index (χ2v) is 5.58. The van der Waals surface area contributed by atoms with Gasteiger partial charge in [-0.2, -0.15) is 0 Å². The molecule has 1 unspecified atom stereocenters. The predicted octanol–water partition coefficient (Wildman–Crippen LogP) is 2.77. The Morgan fingerprint density at radius 3 is 2.62 bits per heavy atom. The number of nitrogens with zero attached hydrogens (tertiary/aromatic N) is 1. The Labute approximate surface area is 108 Å². The molecule has 16 heavy (non-hydrogen) atoms. The number of hydrogen-bond donors (Lipinski definition) is 1. The molecule has 2 heterocycles. The summed E-state index contributed by atoms with van der Waals surface area (Å²) in [5.74, 6) is 0.873. The van der Waals surface area contributed by atoms with E-state index in [-0.39, 0.29) is 0 Å². The lowest BCUT2D eigenvalue weighted by Crippen LogP contribution is -2.41. The summed E-state index contributed by atoms with van der Waals surface area (Å²) in [5.41, 5.74) is 1.48. The number of rotatable bonds is 3. The Bertz CT molecular complexity index is 241. The van der Waals surface area contributed by atoms with Gasteiger partial charge < -0.3 is 5.32 Å². The summed E-state index contributed by atoms with van der Waals surface area (Å²) in [6, 6.07) is 0.779. The first-order chi connectivity index (χ1) is 7.79. The van der Waals surface area contributed by atoms with Crippen LogP contribution in [0.4, 0.5) is 0 Å². The third-order valence-electron chi connectivity index (χ3n) is 3.79. The maximum Gasteiger partial charge on any atom is 0.0434 e. The van der Waals surface area contributed by atoms with Crippen molar-refractivity contribution >= 4 is 23.2 Å². The fraction of sp³-hybridized carbons (Fsp3) is 0.833. The molecule has 2 saturated heterocycles. The normalized spacial score (nSPS) is 29.9. The summed E-state index contributed by atoms with van der Waals surface area (Å²) in [6.07, 6.45) is 5.31. The van der Waals surface area contributed by atoms with E-state index in [1.54, 1.807) is 0 Å². The largest absolute Gasteiger partial charge is 0.314 e. The van der Waals surface area contributed by atoms with Crippen molar-refractivity contribution in [3.05, 3.63) is 10.6 Å². The Morgan fingerprint density at radius 2 is 2.06 bits per heavy atom. The molecule has 2 rings (SSSR count). The Balaban J connectivity index is 1.73. The van der Waals surface area contributed by atoms with Crippen molar-refractivity contribution in [2.24, 2.45) is 5.92 Å². The van der Waals surface area contributed by atoms with Crippen molar-refractivity contribution in [3.8, 4) is 0 Å². The van der Waals surface area contributed by atoms with E-state index in [4.69, 9.17) is 23.2 Å². The molecule has 2 nitrogen and oxygen atoms in total. The van der Waals surface area contributed by atoms with Crippen LogP contribution >= 0.6 is 23.2 Å². The number of piperidine rings is 1. The lowest BCUT2D eigenvalue weighted by atomic mass is 9.88. The van der Waals surface area contributed by atoms with E-state index in [9.17, 15) is 0 Å². The monoisotopic (exact) mass is 262 g/mol. The Hall–Kier alpha value is 0.240. The molecule has 0 aliphatic carbocycles. The van der Waals surface area contributed by atoms with Gasteiger partial charge in [-0.3, -0.25) is 4.90 Å². The molecule has 0 aromatic carbocycles. The molecule has 0 saturated carbocycles. The van der Waals surface area contributed by atoms with Crippen LogP contribution < -0.4 is 5.32 Å². The van der Waals surface area contributed by atoms with Gasteiger partial charge in [-0.25, -0.2) is 0 Å². The number of nitrogens with one attached hydrogen (secondary N) is 1. The predicted molar refractivity (Wildman–Crippen MR) is 70.0 cm³/mol. The van der Waals surface area contributed by atoms with Gasteiger partial charge in [0.05, 0.1) is 0 Å². The van der Waals surface area contributed by atoms with Crippen LogP contribution in [0.1, 0.15) is 25.7 Å². The first kappa shape index (κ1) is 12.7. The highest BCUT2D eigenvalue weighted by molar-refractivity contribution is 6.36. The van der Waals surface area contributed by atoms with Gasteiger partial charge in [0.15, 0.2) is 0 Å². The van der Waals surface area contributed by atoms with E-state index in [0.29, 0.717) is 0 Å². The van der Waals surface area contributed by atoms with Gasteiger partial charge in [0.25, 0.3) is 0 Å². The van der Waals surface area contributed by atoms with Crippen LogP contribution in [0.2, 0.25) is 0 Å². The second kappa shape index (κ2) is 6.25.